The van der Waals surface area contributed by atoms with Crippen LogP contribution in [0.5, 0.6) is 0 Å². The Balaban J connectivity index is 1.73. The summed E-state index contributed by atoms with van der Waals surface area (Å²) >= 11 is 0. The van der Waals surface area contributed by atoms with E-state index in [-0.39, 0.29) is 0 Å². The highest BCUT2D eigenvalue weighted by atomic mass is 16.3. The lowest BCUT2D eigenvalue weighted by Gasteiger charge is -2.14. The average Bonchev–Trinajstić information content (AvgIpc) is 3.25. The maximum absolute atomic E-state index is 6.01. The molecule has 3 aromatic carbocycles. The Kier molecular flexibility index (Phi) is 3.58. The van der Waals surface area contributed by atoms with Crippen molar-refractivity contribution in [3.63, 3.8) is 0 Å². The third-order valence-electron chi connectivity index (χ3n) is 5.79. The number of furan rings is 1. The van der Waals surface area contributed by atoms with Gasteiger partial charge in [0.05, 0.1) is 0 Å². The van der Waals surface area contributed by atoms with Crippen LogP contribution in [0, 0.1) is 20.8 Å². The van der Waals surface area contributed by atoms with E-state index in [0.717, 1.165) is 17.9 Å². The largest absolute Gasteiger partial charge is 0.461 e. The van der Waals surface area contributed by atoms with Gasteiger partial charge in [0.25, 0.3) is 0 Å². The van der Waals surface area contributed by atoms with Gasteiger partial charge in [-0.3, -0.25) is 0 Å². The lowest BCUT2D eigenvalue weighted by Crippen LogP contribution is -1.92. The molecule has 1 heteroatoms. The molecule has 4 aromatic rings. The molecule has 0 radical (unpaired) electrons. The molecule has 1 aliphatic carbocycles. The molecule has 1 nitrogen and oxygen atoms in total. The Morgan fingerprint density at radius 2 is 1.63 bits per heavy atom. The van der Waals surface area contributed by atoms with E-state index >= 15 is 0 Å². The summed E-state index contributed by atoms with van der Waals surface area (Å²) in [7, 11) is 0. The van der Waals surface area contributed by atoms with E-state index < -0.39 is 0 Å². The molecular formula is C26H22O. The Bertz CT molecular complexity index is 1200. The molecule has 0 aliphatic heterocycles. The Hall–Kier alpha value is -3.06. The zero-order valence-electron chi connectivity index (χ0n) is 16.0. The third kappa shape index (κ3) is 2.54. The van der Waals surface area contributed by atoms with E-state index in [1.165, 1.54) is 49.7 Å². The van der Waals surface area contributed by atoms with Crippen molar-refractivity contribution >= 4 is 22.4 Å². The summed E-state index contributed by atoms with van der Waals surface area (Å²) in [5.41, 5.74) is 9.18. The van der Waals surface area contributed by atoms with Crippen LogP contribution in [0.3, 0.4) is 0 Å². The molecule has 0 spiro atoms. The van der Waals surface area contributed by atoms with Gasteiger partial charge in [-0.05, 0) is 82.6 Å². The van der Waals surface area contributed by atoms with E-state index in [4.69, 9.17) is 4.42 Å². The van der Waals surface area contributed by atoms with Crippen LogP contribution in [-0.4, -0.2) is 0 Å². The summed E-state index contributed by atoms with van der Waals surface area (Å²) in [5, 5.41) is 2.59. The predicted octanol–water partition coefficient (Wildman–Crippen LogP) is 7.12. The first kappa shape index (κ1) is 16.1. The zero-order valence-corrected chi connectivity index (χ0v) is 16.0. The van der Waals surface area contributed by atoms with Crippen molar-refractivity contribution in [2.75, 3.05) is 0 Å². The van der Waals surface area contributed by atoms with Gasteiger partial charge >= 0.3 is 0 Å². The predicted molar refractivity (Wildman–Crippen MR) is 114 cm³/mol. The van der Waals surface area contributed by atoms with Crippen LogP contribution in [0.25, 0.3) is 33.5 Å². The molecule has 5 rings (SSSR count). The minimum atomic E-state index is 0.930. The second-order valence-electron chi connectivity index (χ2n) is 7.55. The molecule has 0 saturated heterocycles. The quantitative estimate of drug-likeness (QED) is 0.375. The molecule has 132 valence electrons. The summed E-state index contributed by atoms with van der Waals surface area (Å²) < 4.78 is 6.01. The van der Waals surface area contributed by atoms with Crippen LogP contribution in [-0.2, 0) is 6.42 Å². The first-order chi connectivity index (χ1) is 13.1. The number of hydrogen-bond acceptors (Lipinski definition) is 1. The molecule has 1 aromatic heterocycles. The molecule has 0 unspecified atom stereocenters. The summed E-state index contributed by atoms with van der Waals surface area (Å²) in [6.45, 7) is 6.36. The fourth-order valence-corrected chi connectivity index (χ4v) is 4.21. The summed E-state index contributed by atoms with van der Waals surface area (Å²) in [6, 6.07) is 21.9. The molecular weight excluding hydrogens is 328 g/mol. The molecule has 0 saturated carbocycles. The minimum Gasteiger partial charge on any atom is -0.461 e. The van der Waals surface area contributed by atoms with Crippen LogP contribution < -0.4 is 0 Å². The number of hydrogen-bond donors (Lipinski definition) is 0. The highest BCUT2D eigenvalue weighted by molar-refractivity contribution is 6.02. The lowest BCUT2D eigenvalue weighted by molar-refractivity contribution is 0.518. The van der Waals surface area contributed by atoms with Gasteiger partial charge in [-0.2, -0.15) is 0 Å². The molecule has 0 N–H and O–H groups in total. The Morgan fingerprint density at radius 1 is 0.815 bits per heavy atom. The number of benzene rings is 3. The van der Waals surface area contributed by atoms with Gasteiger partial charge in [-0.15, -0.1) is 0 Å². The normalized spacial score (nSPS) is 13.1. The second-order valence-corrected chi connectivity index (χ2v) is 7.55. The van der Waals surface area contributed by atoms with Crippen LogP contribution in [0.2, 0.25) is 0 Å². The van der Waals surface area contributed by atoms with Gasteiger partial charge < -0.3 is 4.42 Å². The SMILES string of the molecule is Cc1cc(C2=Cc3c(ccc(C)c3-c3cccc4ccccc34)C2)oc1C. The van der Waals surface area contributed by atoms with Gasteiger partial charge in [0.1, 0.15) is 11.5 Å². The first-order valence-corrected chi connectivity index (χ1v) is 9.50. The second kappa shape index (κ2) is 5.99. The Morgan fingerprint density at radius 3 is 2.44 bits per heavy atom. The van der Waals surface area contributed by atoms with Gasteiger partial charge in [0.2, 0.25) is 0 Å². The first-order valence-electron chi connectivity index (χ1n) is 9.50. The summed E-state index contributed by atoms with van der Waals surface area (Å²) in [5.74, 6) is 2.01. The van der Waals surface area contributed by atoms with E-state index in [9.17, 15) is 0 Å². The maximum Gasteiger partial charge on any atom is 0.130 e. The lowest BCUT2D eigenvalue weighted by atomic mass is 9.90. The fourth-order valence-electron chi connectivity index (χ4n) is 4.21. The van der Waals surface area contributed by atoms with Crippen LogP contribution in [0.15, 0.2) is 65.1 Å². The Labute approximate surface area is 160 Å². The summed E-state index contributed by atoms with van der Waals surface area (Å²) in [4.78, 5) is 0. The highest BCUT2D eigenvalue weighted by Gasteiger charge is 2.22. The van der Waals surface area contributed by atoms with Crippen LogP contribution in [0.1, 0.15) is 33.8 Å². The molecule has 0 atom stereocenters. The standard InChI is InChI=1S/C26H22O/c1-16-11-12-20-14-21(25-13-17(2)18(3)27-25)15-24(20)26(16)23-10-6-8-19-7-4-5-9-22(19)23/h4-13,15H,14H2,1-3H3. The molecule has 27 heavy (non-hydrogen) atoms. The van der Waals surface area contributed by atoms with Gasteiger partial charge in [0, 0.05) is 6.42 Å². The highest BCUT2D eigenvalue weighted by Crippen LogP contribution is 2.42. The van der Waals surface area contributed by atoms with Crippen molar-refractivity contribution in [1.82, 2.24) is 0 Å². The molecule has 0 amide bonds. The molecule has 1 aliphatic rings. The van der Waals surface area contributed by atoms with Crippen molar-refractivity contribution in [2.24, 2.45) is 0 Å². The van der Waals surface area contributed by atoms with E-state index in [2.05, 4.69) is 80.6 Å². The number of aryl methyl sites for hydroxylation is 3. The molecule has 0 fully saturated rings. The molecule has 0 bridgehead atoms. The summed E-state index contributed by atoms with van der Waals surface area (Å²) in [6.07, 6.45) is 3.26. The van der Waals surface area contributed by atoms with Crippen molar-refractivity contribution in [1.29, 1.82) is 0 Å². The third-order valence-corrected chi connectivity index (χ3v) is 5.79. The van der Waals surface area contributed by atoms with Crippen LogP contribution >= 0.6 is 0 Å². The average molecular weight is 350 g/mol. The maximum atomic E-state index is 6.01. The van der Waals surface area contributed by atoms with Crippen molar-refractivity contribution in [3.8, 4) is 11.1 Å². The van der Waals surface area contributed by atoms with Crippen molar-refractivity contribution < 1.29 is 4.42 Å². The van der Waals surface area contributed by atoms with E-state index in [0.29, 0.717) is 0 Å². The van der Waals surface area contributed by atoms with E-state index in [1.54, 1.807) is 0 Å². The molecule has 1 heterocycles. The number of allylic oxidation sites excluding steroid dienone is 1. The van der Waals surface area contributed by atoms with Crippen molar-refractivity contribution in [2.45, 2.75) is 27.2 Å². The van der Waals surface area contributed by atoms with Crippen molar-refractivity contribution in [3.05, 3.63) is 94.4 Å². The number of rotatable bonds is 2. The fraction of sp³-hybridized carbons (Fsp3) is 0.154. The van der Waals surface area contributed by atoms with Crippen LogP contribution in [0.4, 0.5) is 0 Å². The smallest absolute Gasteiger partial charge is 0.130 e. The van der Waals surface area contributed by atoms with Gasteiger partial charge in [-0.25, -0.2) is 0 Å². The minimum absolute atomic E-state index is 0.930. The van der Waals surface area contributed by atoms with Gasteiger partial charge in [0.15, 0.2) is 0 Å². The number of fused-ring (bicyclic) bond motifs is 2. The topological polar surface area (TPSA) is 13.1 Å². The van der Waals surface area contributed by atoms with E-state index in [1.807, 2.05) is 6.92 Å². The monoisotopic (exact) mass is 350 g/mol. The van der Waals surface area contributed by atoms with Gasteiger partial charge in [-0.1, -0.05) is 54.6 Å². The zero-order chi connectivity index (χ0) is 18.5.